The van der Waals surface area contributed by atoms with Gasteiger partial charge in [0.25, 0.3) is 5.56 Å². The summed E-state index contributed by atoms with van der Waals surface area (Å²) in [7, 11) is 3.19. The lowest BCUT2D eigenvalue weighted by Crippen LogP contribution is -2.14. The van der Waals surface area contributed by atoms with Crippen molar-refractivity contribution in [3.8, 4) is 11.5 Å². The predicted octanol–water partition coefficient (Wildman–Crippen LogP) is 2.00. The monoisotopic (exact) mass is 387 g/mol. The molecule has 106 valence electrons. The summed E-state index contributed by atoms with van der Waals surface area (Å²) in [5.41, 5.74) is 0.843. The molecule has 0 fully saturated rings. The molecule has 2 aromatic rings. The topological polar surface area (TPSA) is 76.2 Å². The standard InChI is InChI=1S/C13H14IN3O3/c1-19-9-4-3-8(5-10(9)20-2)6-15-12-11(14)13(18)17-7-16-12/h3-5,7H,6H2,1-2H3,(H2,15,16,17,18). The molecule has 0 aliphatic heterocycles. The molecule has 0 bridgehead atoms. The van der Waals surface area contributed by atoms with E-state index in [0.717, 1.165) is 5.56 Å². The lowest BCUT2D eigenvalue weighted by molar-refractivity contribution is 0.354. The lowest BCUT2D eigenvalue weighted by atomic mass is 10.2. The summed E-state index contributed by atoms with van der Waals surface area (Å²) in [4.78, 5) is 18.1. The van der Waals surface area contributed by atoms with Crippen LogP contribution in [0, 0.1) is 3.57 Å². The Morgan fingerprint density at radius 2 is 2.05 bits per heavy atom. The second kappa shape index (κ2) is 6.60. The van der Waals surface area contributed by atoms with Gasteiger partial charge in [-0.25, -0.2) is 4.98 Å². The summed E-state index contributed by atoms with van der Waals surface area (Å²) in [6.07, 6.45) is 1.38. The van der Waals surface area contributed by atoms with Crippen LogP contribution >= 0.6 is 22.6 Å². The fourth-order valence-corrected chi connectivity index (χ4v) is 2.17. The van der Waals surface area contributed by atoms with Crippen molar-refractivity contribution in [1.29, 1.82) is 0 Å². The van der Waals surface area contributed by atoms with E-state index in [1.54, 1.807) is 14.2 Å². The number of rotatable bonds is 5. The summed E-state index contributed by atoms with van der Waals surface area (Å²) in [5.74, 6) is 1.91. The maximum absolute atomic E-state index is 11.5. The van der Waals surface area contributed by atoms with Crippen molar-refractivity contribution in [1.82, 2.24) is 9.97 Å². The van der Waals surface area contributed by atoms with E-state index in [0.29, 0.717) is 27.4 Å². The highest BCUT2D eigenvalue weighted by Crippen LogP contribution is 2.27. The molecule has 0 radical (unpaired) electrons. The van der Waals surface area contributed by atoms with Gasteiger partial charge in [-0.15, -0.1) is 0 Å². The third-order valence-corrected chi connectivity index (χ3v) is 3.71. The Bertz CT molecular complexity index is 658. The van der Waals surface area contributed by atoms with E-state index in [2.05, 4.69) is 15.3 Å². The van der Waals surface area contributed by atoms with E-state index in [4.69, 9.17) is 9.47 Å². The number of aromatic amines is 1. The van der Waals surface area contributed by atoms with Crippen molar-refractivity contribution in [2.24, 2.45) is 0 Å². The van der Waals surface area contributed by atoms with Crippen molar-refractivity contribution in [2.45, 2.75) is 6.54 Å². The zero-order chi connectivity index (χ0) is 14.5. The van der Waals surface area contributed by atoms with Crippen LogP contribution in [0.5, 0.6) is 11.5 Å². The van der Waals surface area contributed by atoms with Crippen LogP contribution in [-0.4, -0.2) is 24.2 Å². The minimum atomic E-state index is -0.157. The minimum Gasteiger partial charge on any atom is -0.493 e. The van der Waals surface area contributed by atoms with Gasteiger partial charge >= 0.3 is 0 Å². The fraction of sp³-hybridized carbons (Fsp3) is 0.231. The molecule has 0 saturated heterocycles. The highest BCUT2D eigenvalue weighted by molar-refractivity contribution is 14.1. The van der Waals surface area contributed by atoms with Crippen LogP contribution in [0.4, 0.5) is 5.82 Å². The zero-order valence-corrected chi connectivity index (χ0v) is 13.2. The fourth-order valence-electron chi connectivity index (χ4n) is 1.68. The largest absolute Gasteiger partial charge is 0.493 e. The Morgan fingerprint density at radius 1 is 1.30 bits per heavy atom. The minimum absolute atomic E-state index is 0.157. The molecule has 0 aliphatic rings. The molecule has 0 amide bonds. The van der Waals surface area contributed by atoms with Gasteiger partial charge in [-0.2, -0.15) is 0 Å². The molecule has 0 spiro atoms. The van der Waals surface area contributed by atoms with Crippen molar-refractivity contribution in [3.63, 3.8) is 0 Å². The summed E-state index contributed by atoms with van der Waals surface area (Å²) in [6.45, 7) is 0.535. The summed E-state index contributed by atoms with van der Waals surface area (Å²) in [5, 5.41) is 3.12. The molecule has 1 heterocycles. The molecular weight excluding hydrogens is 373 g/mol. The second-order valence-corrected chi connectivity index (χ2v) is 5.02. The number of aromatic nitrogens is 2. The average molecular weight is 387 g/mol. The van der Waals surface area contributed by atoms with E-state index in [1.165, 1.54) is 6.33 Å². The maximum Gasteiger partial charge on any atom is 0.266 e. The number of halogens is 1. The highest BCUT2D eigenvalue weighted by atomic mass is 127. The highest BCUT2D eigenvalue weighted by Gasteiger charge is 2.07. The number of hydrogen-bond donors (Lipinski definition) is 2. The Morgan fingerprint density at radius 3 is 2.75 bits per heavy atom. The van der Waals surface area contributed by atoms with Crippen molar-refractivity contribution >= 4 is 28.4 Å². The molecule has 7 heteroatoms. The number of H-pyrrole nitrogens is 1. The van der Waals surface area contributed by atoms with Gasteiger partial charge in [0.05, 0.1) is 20.5 Å². The molecule has 0 atom stereocenters. The third-order valence-electron chi connectivity index (χ3n) is 2.70. The van der Waals surface area contributed by atoms with E-state index in [9.17, 15) is 4.79 Å². The molecular formula is C13H14IN3O3. The second-order valence-electron chi connectivity index (χ2n) is 3.94. The molecule has 0 aliphatic carbocycles. The Hall–Kier alpha value is -1.77. The van der Waals surface area contributed by atoms with Crippen molar-refractivity contribution in [3.05, 3.63) is 44.0 Å². The zero-order valence-electron chi connectivity index (χ0n) is 11.1. The quantitative estimate of drug-likeness (QED) is 0.768. The van der Waals surface area contributed by atoms with E-state index < -0.39 is 0 Å². The Labute approximate surface area is 129 Å². The molecule has 1 aromatic heterocycles. The number of ether oxygens (including phenoxy) is 2. The number of anilines is 1. The first-order valence-corrected chi connectivity index (χ1v) is 6.91. The van der Waals surface area contributed by atoms with Crippen LogP contribution < -0.4 is 20.3 Å². The Kier molecular flexibility index (Phi) is 4.83. The molecule has 2 N–H and O–H groups in total. The number of nitrogens with one attached hydrogen (secondary N) is 2. The lowest BCUT2D eigenvalue weighted by Gasteiger charge is -2.11. The summed E-state index contributed by atoms with van der Waals surface area (Å²) < 4.78 is 11.0. The van der Waals surface area contributed by atoms with E-state index in [-0.39, 0.29) is 5.56 Å². The van der Waals surface area contributed by atoms with Crippen molar-refractivity contribution < 1.29 is 9.47 Å². The summed E-state index contributed by atoms with van der Waals surface area (Å²) >= 11 is 1.96. The Balaban J connectivity index is 2.15. The van der Waals surface area contributed by atoms with E-state index in [1.807, 2.05) is 40.8 Å². The number of nitrogens with zero attached hydrogens (tertiary/aromatic N) is 1. The normalized spacial score (nSPS) is 10.2. The summed E-state index contributed by atoms with van der Waals surface area (Å²) in [6, 6.07) is 5.65. The van der Waals surface area contributed by atoms with Gasteiger partial charge < -0.3 is 19.8 Å². The van der Waals surface area contributed by atoms with Gasteiger partial charge in [-0.3, -0.25) is 4.79 Å². The molecule has 0 unspecified atom stereocenters. The van der Waals surface area contributed by atoms with E-state index >= 15 is 0 Å². The van der Waals surface area contributed by atoms with Gasteiger partial charge in [-0.1, -0.05) is 6.07 Å². The van der Waals surface area contributed by atoms with Gasteiger partial charge in [0.15, 0.2) is 11.5 Å². The average Bonchev–Trinajstić information content (AvgIpc) is 2.48. The molecule has 20 heavy (non-hydrogen) atoms. The molecule has 6 nitrogen and oxygen atoms in total. The van der Waals surface area contributed by atoms with Crippen LogP contribution in [0.3, 0.4) is 0 Å². The van der Waals surface area contributed by atoms with Gasteiger partial charge in [0.2, 0.25) is 0 Å². The maximum atomic E-state index is 11.5. The number of benzene rings is 1. The molecule has 1 aromatic carbocycles. The smallest absolute Gasteiger partial charge is 0.266 e. The van der Waals surface area contributed by atoms with Crippen LogP contribution in [-0.2, 0) is 6.54 Å². The van der Waals surface area contributed by atoms with Crippen LogP contribution in [0.25, 0.3) is 0 Å². The van der Waals surface area contributed by atoms with Gasteiger partial charge in [0, 0.05) is 6.54 Å². The first-order chi connectivity index (χ1) is 9.65. The van der Waals surface area contributed by atoms with Crippen LogP contribution in [0.1, 0.15) is 5.56 Å². The first kappa shape index (κ1) is 14.6. The van der Waals surface area contributed by atoms with Crippen LogP contribution in [0.15, 0.2) is 29.3 Å². The van der Waals surface area contributed by atoms with Crippen LogP contribution in [0.2, 0.25) is 0 Å². The number of hydrogen-bond acceptors (Lipinski definition) is 5. The number of methoxy groups -OCH3 is 2. The third kappa shape index (κ3) is 3.21. The van der Waals surface area contributed by atoms with Gasteiger partial charge in [-0.05, 0) is 40.3 Å². The predicted molar refractivity (Wildman–Crippen MR) is 84.4 cm³/mol. The SMILES string of the molecule is COc1ccc(CNc2nc[nH]c(=O)c2I)cc1OC. The first-order valence-electron chi connectivity index (χ1n) is 5.83. The van der Waals surface area contributed by atoms with Crippen molar-refractivity contribution in [2.75, 3.05) is 19.5 Å². The molecule has 2 rings (SSSR count). The molecule has 0 saturated carbocycles. The van der Waals surface area contributed by atoms with Gasteiger partial charge in [0.1, 0.15) is 9.39 Å².